The number of benzene rings is 1. The highest BCUT2D eigenvalue weighted by molar-refractivity contribution is 6.71. The lowest BCUT2D eigenvalue weighted by Crippen LogP contribution is -2.26. The van der Waals surface area contributed by atoms with Crippen molar-refractivity contribution in [2.75, 3.05) is 0 Å². The third kappa shape index (κ3) is 1.35. The Hall–Kier alpha value is -0.893. The second kappa shape index (κ2) is 3.11. The number of hydrogen-bond donors (Lipinski definition) is 0. The highest BCUT2D eigenvalue weighted by Crippen LogP contribution is 2.20. The number of ketones is 1. The van der Waals surface area contributed by atoms with Crippen molar-refractivity contribution in [3.05, 3.63) is 29.3 Å². The molecule has 1 aromatic rings. The van der Waals surface area contributed by atoms with E-state index in [2.05, 4.69) is 19.2 Å². The first kappa shape index (κ1) is 8.69. The molecule has 1 nitrogen and oxygen atoms in total. The number of carbonyl (C=O) groups excluding carboxylic acids is 1. The summed E-state index contributed by atoms with van der Waals surface area (Å²) in [6, 6.07) is 6.18. The van der Waals surface area contributed by atoms with Crippen molar-refractivity contribution in [3.63, 3.8) is 0 Å². The van der Waals surface area contributed by atoms with Crippen molar-refractivity contribution in [2.45, 2.75) is 25.9 Å². The third-order valence-electron chi connectivity index (χ3n) is 2.62. The first-order valence-corrected chi connectivity index (χ1v) is 7.16. The van der Waals surface area contributed by atoms with Crippen LogP contribution in [0.2, 0.25) is 13.1 Å². The molecule has 0 aliphatic heterocycles. The zero-order valence-corrected chi connectivity index (χ0v) is 9.05. The second-order valence-electron chi connectivity index (χ2n) is 3.75. The van der Waals surface area contributed by atoms with Gasteiger partial charge in [-0.25, -0.2) is 0 Å². The van der Waals surface area contributed by atoms with Gasteiger partial charge in [-0.15, -0.1) is 0 Å². The summed E-state index contributed by atoms with van der Waals surface area (Å²) in [4.78, 5) is 11.5. The maximum absolute atomic E-state index is 11.5. The first-order chi connectivity index (χ1) is 6.20. The molecule has 0 N–H and O–H groups in total. The minimum atomic E-state index is -0.412. The maximum Gasteiger partial charge on any atom is 0.163 e. The van der Waals surface area contributed by atoms with Crippen molar-refractivity contribution < 1.29 is 4.79 Å². The zero-order chi connectivity index (χ0) is 9.42. The number of carbonyl (C=O) groups is 1. The summed E-state index contributed by atoms with van der Waals surface area (Å²) in [5.74, 6) is 0.333. The number of rotatable bonds is 1. The van der Waals surface area contributed by atoms with Crippen LogP contribution in [0.15, 0.2) is 18.2 Å². The summed E-state index contributed by atoms with van der Waals surface area (Å²) in [6.07, 6.45) is 1.70. The van der Waals surface area contributed by atoms with E-state index in [9.17, 15) is 4.79 Å². The molecule has 2 heteroatoms. The summed E-state index contributed by atoms with van der Waals surface area (Å²) in [7, 11) is -0.412. The molecule has 0 spiro atoms. The van der Waals surface area contributed by atoms with Gasteiger partial charge in [0, 0.05) is 12.0 Å². The lowest BCUT2D eigenvalue weighted by molar-refractivity contribution is 0.0994. The van der Waals surface area contributed by atoms with E-state index in [0.29, 0.717) is 5.78 Å². The molecule has 0 saturated carbocycles. The van der Waals surface area contributed by atoms with Gasteiger partial charge in [-0.3, -0.25) is 4.79 Å². The van der Waals surface area contributed by atoms with Gasteiger partial charge in [-0.2, -0.15) is 0 Å². The Morgan fingerprint density at radius 3 is 2.69 bits per heavy atom. The molecule has 1 aliphatic carbocycles. The average Bonchev–Trinajstić information content (AvgIpc) is 2.48. The molecule has 1 radical (unpaired) electrons. The quantitative estimate of drug-likeness (QED) is 0.615. The van der Waals surface area contributed by atoms with Gasteiger partial charge >= 0.3 is 0 Å². The monoisotopic (exact) mass is 189 g/mol. The van der Waals surface area contributed by atoms with Crippen LogP contribution in [-0.2, 0) is 6.42 Å². The van der Waals surface area contributed by atoms with Crippen molar-refractivity contribution >= 4 is 19.8 Å². The van der Waals surface area contributed by atoms with E-state index in [0.717, 1.165) is 18.4 Å². The summed E-state index contributed by atoms with van der Waals surface area (Å²) >= 11 is 0. The number of Topliss-reactive ketones (excluding diaryl/α,β-unsaturated/α-hetero) is 1. The summed E-state index contributed by atoms with van der Waals surface area (Å²) in [5.41, 5.74) is 2.33. The van der Waals surface area contributed by atoms with Crippen LogP contribution in [0.1, 0.15) is 22.3 Å². The predicted octanol–water partition coefficient (Wildman–Crippen LogP) is 1.78. The van der Waals surface area contributed by atoms with E-state index >= 15 is 0 Å². The molecule has 0 amide bonds. The molecule has 67 valence electrons. The highest BCUT2D eigenvalue weighted by Gasteiger charge is 2.22. The van der Waals surface area contributed by atoms with Crippen molar-refractivity contribution in [2.24, 2.45) is 0 Å². The Morgan fingerprint density at radius 1 is 1.23 bits per heavy atom. The summed E-state index contributed by atoms with van der Waals surface area (Å²) < 4.78 is 0. The van der Waals surface area contributed by atoms with Gasteiger partial charge in [0.05, 0.1) is 8.80 Å². The van der Waals surface area contributed by atoms with Gasteiger partial charge in [0.2, 0.25) is 0 Å². The molecule has 1 aromatic carbocycles. The Morgan fingerprint density at radius 2 is 2.00 bits per heavy atom. The van der Waals surface area contributed by atoms with E-state index in [1.165, 1.54) is 10.8 Å². The van der Waals surface area contributed by atoms with Crippen LogP contribution in [0.3, 0.4) is 0 Å². The van der Waals surface area contributed by atoms with Gasteiger partial charge < -0.3 is 0 Å². The molecular weight excluding hydrogens is 176 g/mol. The van der Waals surface area contributed by atoms with Gasteiger partial charge in [0.15, 0.2) is 5.78 Å². The SMILES string of the molecule is C[Si](C)c1cccc2c1CCC2=O. The van der Waals surface area contributed by atoms with Gasteiger partial charge in [0.25, 0.3) is 0 Å². The van der Waals surface area contributed by atoms with Gasteiger partial charge in [-0.1, -0.05) is 36.5 Å². The molecule has 1 aliphatic rings. The lowest BCUT2D eigenvalue weighted by Gasteiger charge is -2.08. The molecule has 0 aromatic heterocycles. The maximum atomic E-state index is 11.5. The van der Waals surface area contributed by atoms with Gasteiger partial charge in [-0.05, 0) is 12.0 Å². The van der Waals surface area contributed by atoms with Crippen molar-refractivity contribution in [1.29, 1.82) is 0 Å². The average molecular weight is 189 g/mol. The second-order valence-corrected chi connectivity index (χ2v) is 6.29. The highest BCUT2D eigenvalue weighted by atomic mass is 28.3. The van der Waals surface area contributed by atoms with Crippen LogP contribution < -0.4 is 5.19 Å². The number of hydrogen-bond acceptors (Lipinski definition) is 1. The standard InChI is InChI=1S/C11H13OSi/c1-13(2)11-5-3-4-8-9(11)6-7-10(8)12/h3-5H,6-7H2,1-2H3. The Kier molecular flexibility index (Phi) is 2.08. The minimum Gasteiger partial charge on any atom is -0.294 e. The van der Waals surface area contributed by atoms with Crippen LogP contribution in [0, 0.1) is 0 Å². The van der Waals surface area contributed by atoms with Crippen molar-refractivity contribution in [3.8, 4) is 0 Å². The Labute approximate surface area is 80.4 Å². The summed E-state index contributed by atoms with van der Waals surface area (Å²) in [5, 5.41) is 1.45. The van der Waals surface area contributed by atoms with Gasteiger partial charge in [0.1, 0.15) is 0 Å². The third-order valence-corrected chi connectivity index (χ3v) is 4.16. The molecule has 0 unspecified atom stereocenters. The van der Waals surface area contributed by atoms with Crippen LogP contribution in [0.25, 0.3) is 0 Å². The van der Waals surface area contributed by atoms with E-state index in [1.807, 2.05) is 12.1 Å². The first-order valence-electron chi connectivity index (χ1n) is 4.66. The van der Waals surface area contributed by atoms with E-state index < -0.39 is 8.80 Å². The summed E-state index contributed by atoms with van der Waals surface area (Å²) in [6.45, 7) is 4.56. The molecule has 0 fully saturated rings. The minimum absolute atomic E-state index is 0.333. The molecule has 13 heavy (non-hydrogen) atoms. The van der Waals surface area contributed by atoms with Crippen LogP contribution in [0.5, 0.6) is 0 Å². The van der Waals surface area contributed by atoms with Crippen LogP contribution >= 0.6 is 0 Å². The fourth-order valence-electron chi connectivity index (χ4n) is 1.96. The Balaban J connectivity index is 2.57. The molecule has 0 heterocycles. The van der Waals surface area contributed by atoms with Crippen molar-refractivity contribution in [1.82, 2.24) is 0 Å². The molecule has 0 atom stereocenters. The topological polar surface area (TPSA) is 17.1 Å². The van der Waals surface area contributed by atoms with Crippen LogP contribution in [0.4, 0.5) is 0 Å². The fraction of sp³-hybridized carbons (Fsp3) is 0.364. The van der Waals surface area contributed by atoms with E-state index in [4.69, 9.17) is 0 Å². The van der Waals surface area contributed by atoms with E-state index in [-0.39, 0.29) is 0 Å². The molecular formula is C11H13OSi. The molecule has 2 rings (SSSR count). The fourth-order valence-corrected chi connectivity index (χ4v) is 3.25. The zero-order valence-electron chi connectivity index (χ0n) is 8.05. The largest absolute Gasteiger partial charge is 0.294 e. The smallest absolute Gasteiger partial charge is 0.163 e. The molecule has 0 bridgehead atoms. The predicted molar refractivity (Wildman–Crippen MR) is 56.2 cm³/mol. The normalized spacial score (nSPS) is 15.2. The lowest BCUT2D eigenvalue weighted by atomic mass is 10.1. The van der Waals surface area contributed by atoms with Crippen LogP contribution in [-0.4, -0.2) is 14.6 Å². The number of fused-ring (bicyclic) bond motifs is 1. The molecule has 0 saturated heterocycles. The Bertz CT molecular complexity index is 355. The van der Waals surface area contributed by atoms with E-state index in [1.54, 1.807) is 0 Å².